The van der Waals surface area contributed by atoms with E-state index in [9.17, 15) is 0 Å². The lowest BCUT2D eigenvalue weighted by Crippen LogP contribution is -2.51. The number of pyridine rings is 1. The van der Waals surface area contributed by atoms with Crippen LogP contribution in [0.3, 0.4) is 0 Å². The SMILES string of the molecule is c1ccc2cc3c(ccc4c3nc3c5sc6cc7ccccc7cc6c5cc(-c5ccc(-c6cccc7cc(B(c8ccc9c(c8)oc8ccccc89)c8ccc9c(c8)sc8ccccc89)ccc67)cc5)n43)cc2c1. The Bertz CT molecular complexity index is 5160. The van der Waals surface area contributed by atoms with Gasteiger partial charge in [0.25, 0.3) is 0 Å². The van der Waals surface area contributed by atoms with Crippen LogP contribution >= 0.6 is 22.7 Å². The minimum absolute atomic E-state index is 0.0191. The van der Waals surface area contributed by atoms with E-state index in [0.717, 1.165) is 49.9 Å². The van der Waals surface area contributed by atoms with Gasteiger partial charge in [0.05, 0.1) is 21.4 Å². The Balaban J connectivity index is 0.812. The van der Waals surface area contributed by atoms with Crippen LogP contribution in [0.2, 0.25) is 0 Å². The van der Waals surface area contributed by atoms with Crippen molar-refractivity contribution in [3.05, 3.63) is 237 Å². The molecule has 5 heterocycles. The highest BCUT2D eigenvalue weighted by molar-refractivity contribution is 7.26. The molecule has 0 amide bonds. The van der Waals surface area contributed by atoms with Crippen LogP contribution < -0.4 is 16.4 Å². The van der Waals surface area contributed by atoms with Gasteiger partial charge in [0, 0.05) is 51.8 Å². The molecule has 75 heavy (non-hydrogen) atoms. The molecule has 0 bridgehead atoms. The van der Waals surface area contributed by atoms with Gasteiger partial charge in [-0.2, -0.15) is 0 Å². The van der Waals surface area contributed by atoms with Gasteiger partial charge >= 0.3 is 0 Å². The van der Waals surface area contributed by atoms with E-state index in [0.29, 0.717) is 0 Å². The van der Waals surface area contributed by atoms with Crippen molar-refractivity contribution in [1.82, 2.24) is 9.38 Å². The van der Waals surface area contributed by atoms with Crippen molar-refractivity contribution in [1.29, 1.82) is 0 Å². The number of fused-ring (bicyclic) bond motifs is 18. The van der Waals surface area contributed by atoms with Crippen molar-refractivity contribution in [2.24, 2.45) is 0 Å². The highest BCUT2D eigenvalue weighted by Gasteiger charge is 2.26. The number of imidazole rings is 1. The average molecular weight is 987 g/mol. The number of thiophene rings is 2. The fourth-order valence-corrected chi connectivity index (χ4v) is 14.8. The summed E-state index contributed by atoms with van der Waals surface area (Å²) in [6, 6.07) is 87.7. The number of aromatic nitrogens is 2. The number of hydrogen-bond acceptors (Lipinski definition) is 4. The van der Waals surface area contributed by atoms with Gasteiger partial charge in [-0.05, 0) is 115 Å². The lowest BCUT2D eigenvalue weighted by molar-refractivity contribution is 0.669. The van der Waals surface area contributed by atoms with Crippen molar-refractivity contribution in [2.45, 2.75) is 0 Å². The molecule has 346 valence electrons. The summed E-state index contributed by atoms with van der Waals surface area (Å²) in [6.07, 6.45) is 0. The molecule has 12 aromatic carbocycles. The van der Waals surface area contributed by atoms with Gasteiger partial charge in [0.2, 0.25) is 6.71 Å². The first-order chi connectivity index (χ1) is 37.1. The number of nitrogens with zero attached hydrogens (tertiary/aromatic N) is 2. The van der Waals surface area contributed by atoms with Gasteiger partial charge in [0.1, 0.15) is 11.2 Å². The summed E-state index contributed by atoms with van der Waals surface area (Å²) in [5, 5.41) is 17.2. The lowest BCUT2D eigenvalue weighted by Gasteiger charge is -2.17. The molecule has 3 nitrogen and oxygen atoms in total. The van der Waals surface area contributed by atoms with Crippen LogP contribution in [0.4, 0.5) is 0 Å². The van der Waals surface area contributed by atoms with E-state index in [2.05, 4.69) is 235 Å². The Labute approximate surface area is 437 Å². The molecule has 0 saturated heterocycles. The number of rotatable bonds is 5. The zero-order valence-corrected chi connectivity index (χ0v) is 41.8. The van der Waals surface area contributed by atoms with Crippen molar-refractivity contribution in [2.75, 3.05) is 0 Å². The van der Waals surface area contributed by atoms with Crippen molar-refractivity contribution < 1.29 is 4.42 Å². The minimum Gasteiger partial charge on any atom is -0.456 e. The zero-order chi connectivity index (χ0) is 48.9. The first kappa shape index (κ1) is 41.4. The normalized spacial score (nSPS) is 12.3. The molecule has 0 N–H and O–H groups in total. The van der Waals surface area contributed by atoms with Gasteiger partial charge in [-0.15, -0.1) is 22.7 Å². The number of benzene rings is 12. The molecule has 17 aromatic rings. The standard InChI is InChI=1S/C69H39BN2OS2/c1-2-11-43-34-57-47(32-42(43)10-1)24-31-60-67(57)71-69-68-59(58-35-44-12-3-4-13-45(44)36-65(58)75-68)39-61(72(60)69)41-22-20-40(21-23-41)51-17-9-14-46-33-48(25-28-52(46)51)70(49-26-29-54-53-15-5-7-18-62(53)73-63(54)37-49)50-27-30-56-55-16-6-8-19-64(55)74-66(56)38-50/h1-39H. The third-order valence-electron chi connectivity index (χ3n) is 16.0. The molecule has 0 aliphatic heterocycles. The van der Waals surface area contributed by atoms with Gasteiger partial charge in [-0.3, -0.25) is 4.40 Å². The third kappa shape index (κ3) is 6.25. The minimum atomic E-state index is -0.0191. The van der Waals surface area contributed by atoms with Gasteiger partial charge in [-0.1, -0.05) is 192 Å². The Morgan fingerprint density at radius 3 is 1.81 bits per heavy atom. The summed E-state index contributed by atoms with van der Waals surface area (Å²) in [4.78, 5) is 5.60. The molecule has 0 radical (unpaired) electrons. The Morgan fingerprint density at radius 1 is 0.360 bits per heavy atom. The van der Waals surface area contributed by atoms with E-state index in [1.165, 1.54) is 111 Å². The van der Waals surface area contributed by atoms with E-state index in [4.69, 9.17) is 9.40 Å². The molecule has 17 rings (SSSR count). The van der Waals surface area contributed by atoms with Crippen molar-refractivity contribution in [3.8, 4) is 22.4 Å². The predicted molar refractivity (Wildman–Crippen MR) is 324 cm³/mol. The van der Waals surface area contributed by atoms with Gasteiger partial charge in [0.15, 0.2) is 5.65 Å². The topological polar surface area (TPSA) is 30.4 Å². The zero-order valence-electron chi connectivity index (χ0n) is 40.2. The molecular formula is C69H39BN2OS2. The summed E-state index contributed by atoms with van der Waals surface area (Å²) in [5.74, 6) is 0. The highest BCUT2D eigenvalue weighted by Crippen LogP contribution is 2.44. The van der Waals surface area contributed by atoms with Crippen LogP contribution in [0.25, 0.3) is 144 Å². The second-order valence-corrected chi connectivity index (χ2v) is 22.3. The number of para-hydroxylation sites is 1. The van der Waals surface area contributed by atoms with Crippen molar-refractivity contribution in [3.63, 3.8) is 0 Å². The monoisotopic (exact) mass is 986 g/mol. The molecule has 0 saturated carbocycles. The average Bonchev–Trinajstić information content (AvgIpc) is 4.25. The van der Waals surface area contributed by atoms with Crippen LogP contribution in [0, 0.1) is 0 Å². The second kappa shape index (κ2) is 15.7. The fourth-order valence-electron chi connectivity index (χ4n) is 12.5. The number of furan rings is 1. The van der Waals surface area contributed by atoms with E-state index in [1.807, 2.05) is 28.7 Å². The largest absolute Gasteiger partial charge is 0.456 e. The molecule has 0 atom stereocenters. The first-order valence-corrected chi connectivity index (χ1v) is 27.2. The maximum absolute atomic E-state index is 6.50. The van der Waals surface area contributed by atoms with Crippen LogP contribution in [-0.2, 0) is 0 Å². The molecule has 0 fully saturated rings. The molecule has 0 spiro atoms. The van der Waals surface area contributed by atoms with Gasteiger partial charge < -0.3 is 4.42 Å². The van der Waals surface area contributed by atoms with E-state index in [-0.39, 0.29) is 6.71 Å². The Morgan fingerprint density at radius 2 is 0.973 bits per heavy atom. The predicted octanol–water partition coefficient (Wildman–Crippen LogP) is 17.6. The first-order valence-electron chi connectivity index (χ1n) is 25.6. The van der Waals surface area contributed by atoms with E-state index < -0.39 is 0 Å². The van der Waals surface area contributed by atoms with Crippen molar-refractivity contribution >= 4 is 168 Å². The summed E-state index contributed by atoms with van der Waals surface area (Å²) < 4.78 is 14.0. The Kier molecular flexibility index (Phi) is 8.68. The summed E-state index contributed by atoms with van der Waals surface area (Å²) in [5.41, 5.74) is 13.3. The van der Waals surface area contributed by atoms with E-state index >= 15 is 0 Å². The molecule has 0 aliphatic rings. The molecule has 0 unspecified atom stereocenters. The Hall–Kier alpha value is -9.07. The molecule has 0 aliphatic carbocycles. The van der Waals surface area contributed by atoms with Crippen LogP contribution in [0.1, 0.15) is 0 Å². The summed E-state index contributed by atoms with van der Waals surface area (Å²) >= 11 is 3.72. The second-order valence-electron chi connectivity index (χ2n) is 20.2. The maximum atomic E-state index is 6.50. The van der Waals surface area contributed by atoms with Crippen LogP contribution in [0.15, 0.2) is 241 Å². The molecule has 6 heteroatoms. The van der Waals surface area contributed by atoms with E-state index in [1.54, 1.807) is 0 Å². The highest BCUT2D eigenvalue weighted by atomic mass is 32.1. The quantitative estimate of drug-likeness (QED) is 0.127. The smallest absolute Gasteiger partial charge is 0.241 e. The van der Waals surface area contributed by atoms with Crippen LogP contribution in [0.5, 0.6) is 0 Å². The lowest BCUT2D eigenvalue weighted by atomic mass is 9.36. The van der Waals surface area contributed by atoms with Gasteiger partial charge in [-0.25, -0.2) is 4.98 Å². The maximum Gasteiger partial charge on any atom is 0.241 e. The third-order valence-corrected chi connectivity index (χ3v) is 18.3. The summed E-state index contributed by atoms with van der Waals surface area (Å²) in [6.45, 7) is -0.0191. The number of hydrogen-bond donors (Lipinski definition) is 0. The van der Waals surface area contributed by atoms with Crippen LogP contribution in [-0.4, -0.2) is 16.1 Å². The fraction of sp³-hybridized carbons (Fsp3) is 0. The summed E-state index contributed by atoms with van der Waals surface area (Å²) in [7, 11) is 0. The molecular weight excluding hydrogens is 948 g/mol. The molecule has 5 aromatic heterocycles.